The number of hydrogen-bond donors (Lipinski definition) is 0. The number of methoxy groups -OCH3 is 1. The van der Waals surface area contributed by atoms with E-state index in [1.54, 1.807) is 62.6 Å². The van der Waals surface area contributed by atoms with Crippen LogP contribution in [0.1, 0.15) is 24.1 Å². The Balaban J connectivity index is 1.96. The van der Waals surface area contributed by atoms with Crippen LogP contribution in [-0.4, -0.2) is 38.5 Å². The van der Waals surface area contributed by atoms with E-state index in [1.165, 1.54) is 4.31 Å². The third-order valence-electron chi connectivity index (χ3n) is 4.34. The van der Waals surface area contributed by atoms with Gasteiger partial charge in [0.2, 0.25) is 10.0 Å². The molecule has 0 aliphatic carbocycles. The first-order valence-corrected chi connectivity index (χ1v) is 9.75. The van der Waals surface area contributed by atoms with Crippen LogP contribution in [0.15, 0.2) is 53.4 Å². The molecule has 0 bridgehead atoms. The topological polar surface area (TPSA) is 72.7 Å². The third kappa shape index (κ3) is 3.32. The lowest BCUT2D eigenvalue weighted by molar-refractivity contribution is -0.143. The molecule has 2 aromatic carbocycles. The zero-order valence-corrected chi connectivity index (χ0v) is 15.7. The summed E-state index contributed by atoms with van der Waals surface area (Å²) in [5.41, 5.74) is 1.68. The van der Waals surface area contributed by atoms with Crippen LogP contribution in [0.4, 0.5) is 0 Å². The Hall–Kier alpha value is -2.38. The maximum Gasteiger partial charge on any atom is 0.326 e. The van der Waals surface area contributed by atoms with E-state index in [4.69, 9.17) is 9.47 Å². The van der Waals surface area contributed by atoms with E-state index < -0.39 is 28.1 Å². The highest BCUT2D eigenvalue weighted by molar-refractivity contribution is 7.89. The first-order valence-electron chi connectivity index (χ1n) is 8.31. The molecule has 26 heavy (non-hydrogen) atoms. The molecule has 3 unspecified atom stereocenters. The molecule has 1 fully saturated rings. The van der Waals surface area contributed by atoms with Gasteiger partial charge in [-0.3, -0.25) is 4.79 Å². The van der Waals surface area contributed by atoms with E-state index in [0.29, 0.717) is 5.75 Å². The van der Waals surface area contributed by atoms with Gasteiger partial charge in [-0.2, -0.15) is 4.31 Å². The second kappa shape index (κ2) is 7.09. The number of rotatable bonds is 6. The molecule has 3 rings (SSSR count). The second-order valence-corrected chi connectivity index (χ2v) is 7.91. The number of esters is 1. The number of benzene rings is 2. The van der Waals surface area contributed by atoms with Crippen molar-refractivity contribution in [3.63, 3.8) is 0 Å². The second-order valence-electron chi connectivity index (χ2n) is 6.06. The predicted molar refractivity (Wildman–Crippen MR) is 96.4 cm³/mol. The van der Waals surface area contributed by atoms with E-state index in [2.05, 4.69) is 0 Å². The van der Waals surface area contributed by atoms with Crippen molar-refractivity contribution in [3.8, 4) is 5.75 Å². The molecule has 0 saturated carbocycles. The predicted octanol–water partition coefficient (Wildman–Crippen LogP) is 2.68. The van der Waals surface area contributed by atoms with Crippen LogP contribution >= 0.6 is 0 Å². The van der Waals surface area contributed by atoms with Crippen molar-refractivity contribution in [2.24, 2.45) is 0 Å². The molecular weight excluding hydrogens is 354 g/mol. The average Bonchev–Trinajstić information content (AvgIpc) is 3.39. The molecule has 6 nitrogen and oxygen atoms in total. The molecule has 0 spiro atoms. The van der Waals surface area contributed by atoms with Crippen molar-refractivity contribution in [2.45, 2.75) is 30.8 Å². The molecule has 1 heterocycles. The fraction of sp³-hybridized carbons (Fsp3) is 0.316. The number of ether oxygens (including phenoxy) is 2. The average molecular weight is 375 g/mol. The zero-order chi connectivity index (χ0) is 18.9. The van der Waals surface area contributed by atoms with Gasteiger partial charge in [-0.15, -0.1) is 0 Å². The molecule has 2 aromatic rings. The number of aryl methyl sites for hydroxylation is 1. The summed E-state index contributed by atoms with van der Waals surface area (Å²) in [6.45, 7) is 3.78. The minimum Gasteiger partial charge on any atom is -0.497 e. The summed E-state index contributed by atoms with van der Waals surface area (Å²) in [7, 11) is -2.25. The van der Waals surface area contributed by atoms with E-state index in [9.17, 15) is 13.2 Å². The van der Waals surface area contributed by atoms with Gasteiger partial charge in [-0.1, -0.05) is 29.8 Å². The zero-order valence-electron chi connectivity index (χ0n) is 14.9. The Morgan fingerprint density at radius 2 is 1.69 bits per heavy atom. The molecule has 138 valence electrons. The van der Waals surface area contributed by atoms with Crippen molar-refractivity contribution >= 4 is 16.0 Å². The highest BCUT2D eigenvalue weighted by atomic mass is 32.2. The van der Waals surface area contributed by atoms with Gasteiger partial charge in [0.25, 0.3) is 0 Å². The fourth-order valence-corrected chi connectivity index (χ4v) is 4.64. The van der Waals surface area contributed by atoms with E-state index in [-0.39, 0.29) is 11.5 Å². The van der Waals surface area contributed by atoms with Crippen LogP contribution in [0.2, 0.25) is 0 Å². The van der Waals surface area contributed by atoms with Crippen molar-refractivity contribution in [2.75, 3.05) is 13.7 Å². The Morgan fingerprint density at radius 1 is 1.08 bits per heavy atom. The smallest absolute Gasteiger partial charge is 0.326 e. The standard InChI is InChI=1S/C19H21NO5S/c1-4-25-19(21)18-17(14-7-9-15(24-3)10-8-14)20(18)26(22,23)16-11-5-13(2)6-12-16/h5-12,17-18H,4H2,1-3H3. The largest absolute Gasteiger partial charge is 0.497 e. The Morgan fingerprint density at radius 3 is 2.23 bits per heavy atom. The highest BCUT2D eigenvalue weighted by Gasteiger charge is 2.61. The summed E-state index contributed by atoms with van der Waals surface area (Å²) < 4.78 is 37.5. The Kier molecular flexibility index (Phi) is 5.02. The molecule has 0 aromatic heterocycles. The number of carbonyl (C=O) groups excluding carboxylic acids is 1. The van der Waals surface area contributed by atoms with Gasteiger partial charge in [-0.25, -0.2) is 8.42 Å². The molecule has 0 radical (unpaired) electrons. The first kappa shape index (κ1) is 18.4. The number of nitrogens with zero attached hydrogens (tertiary/aromatic N) is 1. The van der Waals surface area contributed by atoms with Crippen molar-refractivity contribution < 1.29 is 22.7 Å². The maximum absolute atomic E-state index is 13.0. The third-order valence-corrected chi connectivity index (χ3v) is 6.22. The van der Waals surface area contributed by atoms with Crippen molar-refractivity contribution in [3.05, 3.63) is 59.7 Å². The van der Waals surface area contributed by atoms with E-state index in [0.717, 1.165) is 11.1 Å². The van der Waals surface area contributed by atoms with Crippen LogP contribution in [0.5, 0.6) is 5.75 Å². The van der Waals surface area contributed by atoms with Gasteiger partial charge in [0, 0.05) is 0 Å². The summed E-state index contributed by atoms with van der Waals surface area (Å²) in [5.74, 6) is 0.124. The lowest BCUT2D eigenvalue weighted by atomic mass is 10.1. The summed E-state index contributed by atoms with van der Waals surface area (Å²) >= 11 is 0. The van der Waals surface area contributed by atoms with Gasteiger partial charge >= 0.3 is 5.97 Å². The van der Waals surface area contributed by atoms with Gasteiger partial charge in [0.15, 0.2) is 0 Å². The molecule has 0 amide bonds. The molecular formula is C19H21NO5S. The molecule has 1 aliphatic heterocycles. The molecule has 1 saturated heterocycles. The fourth-order valence-electron chi connectivity index (χ4n) is 2.93. The van der Waals surface area contributed by atoms with Crippen LogP contribution in [0.25, 0.3) is 0 Å². The van der Waals surface area contributed by atoms with Crippen LogP contribution in [0.3, 0.4) is 0 Å². The number of sulfonamides is 1. The van der Waals surface area contributed by atoms with Crippen molar-refractivity contribution in [1.29, 1.82) is 0 Å². The maximum atomic E-state index is 13.0. The van der Waals surface area contributed by atoms with Crippen LogP contribution < -0.4 is 4.74 Å². The molecule has 0 N–H and O–H groups in total. The summed E-state index contributed by atoms with van der Waals surface area (Å²) in [5, 5.41) is 0. The van der Waals surface area contributed by atoms with Gasteiger partial charge in [-0.05, 0) is 43.7 Å². The summed E-state index contributed by atoms with van der Waals surface area (Å²) in [6, 6.07) is 12.2. The Bertz CT molecular complexity index is 891. The SMILES string of the molecule is CCOC(=O)C1C(c2ccc(OC)cc2)N1S(=O)(=O)c1ccc(C)cc1. The lowest BCUT2D eigenvalue weighted by Gasteiger charge is -2.07. The Labute approximate surface area is 153 Å². The molecule has 7 heteroatoms. The lowest BCUT2D eigenvalue weighted by Crippen LogP contribution is -2.21. The minimum absolute atomic E-state index is 0.161. The van der Waals surface area contributed by atoms with Crippen molar-refractivity contribution in [1.82, 2.24) is 4.31 Å². The van der Waals surface area contributed by atoms with Crippen LogP contribution in [0, 0.1) is 6.92 Å². The van der Waals surface area contributed by atoms with Gasteiger partial charge in [0.1, 0.15) is 11.8 Å². The number of hydrogen-bond acceptors (Lipinski definition) is 5. The summed E-state index contributed by atoms with van der Waals surface area (Å²) in [6.07, 6.45) is 0. The number of carbonyl (C=O) groups is 1. The molecule has 1 aliphatic rings. The summed E-state index contributed by atoms with van der Waals surface area (Å²) in [4.78, 5) is 12.5. The molecule has 3 atom stereocenters. The van der Waals surface area contributed by atoms with Gasteiger partial charge < -0.3 is 9.47 Å². The normalized spacial score (nSPS) is 21.9. The minimum atomic E-state index is -3.81. The van der Waals surface area contributed by atoms with E-state index >= 15 is 0 Å². The highest BCUT2D eigenvalue weighted by Crippen LogP contribution is 2.48. The van der Waals surface area contributed by atoms with Crippen LogP contribution in [-0.2, 0) is 19.6 Å². The first-order chi connectivity index (χ1) is 12.4. The van der Waals surface area contributed by atoms with Gasteiger partial charge in [0.05, 0.1) is 24.7 Å². The van der Waals surface area contributed by atoms with E-state index in [1.807, 2.05) is 6.92 Å². The quantitative estimate of drug-likeness (QED) is 0.573. The monoisotopic (exact) mass is 375 g/mol.